The lowest BCUT2D eigenvalue weighted by molar-refractivity contribution is -0.123. The fraction of sp³-hybridized carbons (Fsp3) is 0.391. The van der Waals surface area contributed by atoms with E-state index in [1.807, 2.05) is 23.1 Å². The van der Waals surface area contributed by atoms with Gasteiger partial charge in [-0.2, -0.15) is 0 Å². The summed E-state index contributed by atoms with van der Waals surface area (Å²) in [5.41, 5.74) is 1.82. The van der Waals surface area contributed by atoms with E-state index in [2.05, 4.69) is 16.2 Å². The predicted molar refractivity (Wildman–Crippen MR) is 110 cm³/mol. The molecule has 2 aliphatic heterocycles. The highest BCUT2D eigenvalue weighted by molar-refractivity contribution is 6.10. The first-order valence-electron chi connectivity index (χ1n) is 10.6. The van der Waals surface area contributed by atoms with Gasteiger partial charge in [-0.15, -0.1) is 0 Å². The number of aromatic nitrogens is 2. The van der Waals surface area contributed by atoms with Crippen LogP contribution >= 0.6 is 0 Å². The van der Waals surface area contributed by atoms with E-state index in [0.29, 0.717) is 36.5 Å². The number of pyridine rings is 1. The molecule has 1 aromatic carbocycles. The van der Waals surface area contributed by atoms with Gasteiger partial charge in [0.25, 0.3) is 5.91 Å². The summed E-state index contributed by atoms with van der Waals surface area (Å²) in [5, 5.41) is 4.51. The molecule has 3 aliphatic rings. The molecule has 2 amide bonds. The zero-order chi connectivity index (χ0) is 20.3. The minimum Gasteiger partial charge on any atom is -0.348 e. The molecule has 0 radical (unpaired) electrons. The van der Waals surface area contributed by atoms with Gasteiger partial charge in [-0.1, -0.05) is 29.8 Å². The molecule has 3 aromatic rings. The number of carbonyl (C=O) groups is 2. The lowest BCUT2D eigenvalue weighted by Crippen LogP contribution is -2.45. The van der Waals surface area contributed by atoms with Crippen LogP contribution in [0.5, 0.6) is 0 Å². The third-order valence-electron chi connectivity index (χ3n) is 7.04. The average Bonchev–Trinajstić information content (AvgIpc) is 3.43. The number of anilines is 1. The monoisotopic (exact) mass is 402 g/mol. The average molecular weight is 402 g/mol. The smallest absolute Gasteiger partial charge is 0.293 e. The van der Waals surface area contributed by atoms with Gasteiger partial charge in [0.2, 0.25) is 17.3 Å². The third-order valence-corrected chi connectivity index (χ3v) is 7.04. The van der Waals surface area contributed by atoms with Crippen LogP contribution in [-0.2, 0) is 10.2 Å². The fourth-order valence-corrected chi connectivity index (χ4v) is 5.17. The zero-order valence-corrected chi connectivity index (χ0v) is 16.6. The lowest BCUT2D eigenvalue weighted by Gasteiger charge is -2.31. The molecule has 1 unspecified atom stereocenters. The second-order valence-electron chi connectivity index (χ2n) is 8.67. The van der Waals surface area contributed by atoms with Crippen molar-refractivity contribution in [2.24, 2.45) is 5.92 Å². The van der Waals surface area contributed by atoms with E-state index in [4.69, 9.17) is 4.52 Å². The van der Waals surface area contributed by atoms with E-state index in [-0.39, 0.29) is 17.6 Å². The maximum atomic E-state index is 13.7. The molecule has 1 aliphatic carbocycles. The zero-order valence-electron chi connectivity index (χ0n) is 16.6. The summed E-state index contributed by atoms with van der Waals surface area (Å²) in [7, 11) is 0. The van der Waals surface area contributed by atoms with Gasteiger partial charge in [-0.3, -0.25) is 9.59 Å². The maximum absolute atomic E-state index is 13.7. The highest BCUT2D eigenvalue weighted by Crippen LogP contribution is 2.48. The topological polar surface area (TPSA) is 79.5 Å². The van der Waals surface area contributed by atoms with Crippen molar-refractivity contribution < 1.29 is 14.1 Å². The van der Waals surface area contributed by atoms with Crippen LogP contribution in [0, 0.1) is 5.92 Å². The summed E-state index contributed by atoms with van der Waals surface area (Å²) in [4.78, 5) is 34.7. The fourth-order valence-electron chi connectivity index (χ4n) is 5.17. The van der Waals surface area contributed by atoms with Crippen LogP contribution in [-0.4, -0.2) is 46.5 Å². The summed E-state index contributed by atoms with van der Waals surface area (Å²) in [5.74, 6) is 0.685. The van der Waals surface area contributed by atoms with Gasteiger partial charge in [0, 0.05) is 31.5 Å². The molecule has 4 heterocycles. The second kappa shape index (κ2) is 6.39. The van der Waals surface area contributed by atoms with Crippen LogP contribution in [0.4, 0.5) is 5.69 Å². The number of fused-ring (bicyclic) bond motifs is 3. The van der Waals surface area contributed by atoms with Crippen molar-refractivity contribution >= 4 is 28.5 Å². The van der Waals surface area contributed by atoms with Gasteiger partial charge in [0.15, 0.2) is 0 Å². The SMILES string of the molecule is O=C(c1onc2ncccc12)N1CCC2(C1)C(=O)N(CC1CCC1)c1ccccc12. The van der Waals surface area contributed by atoms with Crippen molar-refractivity contribution in [2.75, 3.05) is 24.5 Å². The number of rotatable bonds is 3. The van der Waals surface area contributed by atoms with Gasteiger partial charge >= 0.3 is 0 Å². The molecule has 152 valence electrons. The van der Waals surface area contributed by atoms with E-state index < -0.39 is 5.41 Å². The van der Waals surface area contributed by atoms with Crippen LogP contribution in [0.25, 0.3) is 11.0 Å². The Morgan fingerprint density at radius 1 is 1.20 bits per heavy atom. The summed E-state index contributed by atoms with van der Waals surface area (Å²) in [6.45, 7) is 1.66. The summed E-state index contributed by atoms with van der Waals surface area (Å²) in [6.07, 6.45) is 5.88. The molecule has 30 heavy (non-hydrogen) atoms. The quantitative estimate of drug-likeness (QED) is 0.672. The molecular formula is C23H22N4O3. The summed E-state index contributed by atoms with van der Waals surface area (Å²) >= 11 is 0. The van der Waals surface area contributed by atoms with Crippen molar-refractivity contribution in [3.8, 4) is 0 Å². The Kier molecular flexibility index (Phi) is 3.75. The molecule has 2 aromatic heterocycles. The molecule has 7 heteroatoms. The van der Waals surface area contributed by atoms with E-state index in [0.717, 1.165) is 17.8 Å². The number of likely N-dealkylation sites (tertiary alicyclic amines) is 1. The Balaban J connectivity index is 1.33. The number of carbonyl (C=O) groups excluding carboxylic acids is 2. The Morgan fingerprint density at radius 2 is 2.07 bits per heavy atom. The number of para-hydroxylation sites is 1. The minimum atomic E-state index is -0.663. The first-order chi connectivity index (χ1) is 14.7. The molecular weight excluding hydrogens is 380 g/mol. The Bertz CT molecular complexity index is 1170. The first-order valence-corrected chi connectivity index (χ1v) is 10.6. The molecule has 7 nitrogen and oxygen atoms in total. The van der Waals surface area contributed by atoms with Gasteiger partial charge in [0.1, 0.15) is 0 Å². The predicted octanol–water partition coefficient (Wildman–Crippen LogP) is 3.15. The van der Waals surface area contributed by atoms with Crippen LogP contribution in [0.3, 0.4) is 0 Å². The molecule has 0 bridgehead atoms. The molecule has 6 rings (SSSR count). The summed E-state index contributed by atoms with van der Waals surface area (Å²) in [6, 6.07) is 11.6. The molecule has 0 N–H and O–H groups in total. The molecule has 1 spiro atoms. The maximum Gasteiger partial charge on any atom is 0.293 e. The second-order valence-corrected chi connectivity index (χ2v) is 8.67. The highest BCUT2D eigenvalue weighted by Gasteiger charge is 2.55. The minimum absolute atomic E-state index is 0.134. The van der Waals surface area contributed by atoms with E-state index >= 15 is 0 Å². The van der Waals surface area contributed by atoms with Gasteiger partial charge in [-0.05, 0) is 48.9 Å². The number of hydrogen-bond acceptors (Lipinski definition) is 5. The summed E-state index contributed by atoms with van der Waals surface area (Å²) < 4.78 is 5.33. The third kappa shape index (κ3) is 2.38. The van der Waals surface area contributed by atoms with Crippen molar-refractivity contribution in [1.82, 2.24) is 15.0 Å². The van der Waals surface area contributed by atoms with Crippen molar-refractivity contribution in [3.05, 3.63) is 53.9 Å². The van der Waals surface area contributed by atoms with Crippen LogP contribution in [0.1, 0.15) is 41.8 Å². The largest absolute Gasteiger partial charge is 0.348 e. The van der Waals surface area contributed by atoms with Crippen LogP contribution < -0.4 is 4.90 Å². The number of benzene rings is 1. The van der Waals surface area contributed by atoms with E-state index in [1.54, 1.807) is 23.2 Å². The Morgan fingerprint density at radius 3 is 2.90 bits per heavy atom. The lowest BCUT2D eigenvalue weighted by atomic mass is 9.81. The van der Waals surface area contributed by atoms with E-state index in [1.165, 1.54) is 19.3 Å². The van der Waals surface area contributed by atoms with Gasteiger partial charge in [0.05, 0.1) is 10.8 Å². The molecule has 2 fully saturated rings. The molecule has 1 atom stereocenters. The van der Waals surface area contributed by atoms with Crippen molar-refractivity contribution in [2.45, 2.75) is 31.1 Å². The van der Waals surface area contributed by atoms with Crippen LogP contribution in [0.15, 0.2) is 47.1 Å². The normalized spacial score (nSPS) is 23.4. The Labute approximate surface area is 173 Å². The van der Waals surface area contributed by atoms with Gasteiger partial charge in [-0.25, -0.2) is 4.98 Å². The van der Waals surface area contributed by atoms with E-state index in [9.17, 15) is 9.59 Å². The number of nitrogens with zero attached hydrogens (tertiary/aromatic N) is 4. The van der Waals surface area contributed by atoms with Crippen molar-refractivity contribution in [3.63, 3.8) is 0 Å². The Hall–Kier alpha value is -3.22. The van der Waals surface area contributed by atoms with Crippen LogP contribution in [0.2, 0.25) is 0 Å². The highest BCUT2D eigenvalue weighted by atomic mass is 16.5. The van der Waals surface area contributed by atoms with Crippen molar-refractivity contribution in [1.29, 1.82) is 0 Å². The standard InChI is InChI=1S/C23H22N4O3/c28-21(19-16-7-4-11-24-20(16)25-30-19)26-12-10-23(14-26)17-8-1-2-9-18(17)27(22(23)29)13-15-5-3-6-15/h1-2,4,7-9,11,15H,3,5-6,10,12-14H2. The number of amides is 2. The van der Waals surface area contributed by atoms with Gasteiger partial charge < -0.3 is 14.3 Å². The molecule has 1 saturated carbocycles. The molecule has 1 saturated heterocycles. The first kappa shape index (κ1) is 17.6. The number of hydrogen-bond donors (Lipinski definition) is 0.